The van der Waals surface area contributed by atoms with Crippen molar-refractivity contribution in [3.05, 3.63) is 59.3 Å². The van der Waals surface area contributed by atoms with E-state index in [0.717, 1.165) is 32.5 Å². The van der Waals surface area contributed by atoms with Crippen molar-refractivity contribution in [3.63, 3.8) is 0 Å². The Balaban J connectivity index is 1.34. The molecule has 0 spiro atoms. The van der Waals surface area contributed by atoms with Gasteiger partial charge >= 0.3 is 0 Å². The second kappa shape index (κ2) is 5.08. The zero-order valence-electron chi connectivity index (χ0n) is 11.7. The minimum absolute atomic E-state index is 0.423. The monoisotopic (exact) mass is 267 g/mol. The van der Waals surface area contributed by atoms with E-state index in [9.17, 15) is 0 Å². The minimum atomic E-state index is 0.423. The summed E-state index contributed by atoms with van der Waals surface area (Å²) in [5.74, 6) is 0. The molecule has 0 saturated heterocycles. The molecule has 1 aromatic carbocycles. The second-order valence-electron chi connectivity index (χ2n) is 5.96. The summed E-state index contributed by atoms with van der Waals surface area (Å²) in [5.41, 5.74) is 4.42. The summed E-state index contributed by atoms with van der Waals surface area (Å²) in [6.07, 6.45) is 9.57. The van der Waals surface area contributed by atoms with Crippen LogP contribution >= 0.6 is 0 Å². The van der Waals surface area contributed by atoms with Gasteiger partial charge in [0.2, 0.25) is 0 Å². The fourth-order valence-electron chi connectivity index (χ4n) is 3.52. The number of hydrogen-bond acceptors (Lipinski definition) is 3. The molecule has 0 bridgehead atoms. The molecular formula is C17H21N3. The number of hydrogen-bond donors (Lipinski definition) is 2. The van der Waals surface area contributed by atoms with Gasteiger partial charge in [-0.15, -0.1) is 0 Å². The molecule has 2 aliphatic heterocycles. The average Bonchev–Trinajstić information content (AvgIpc) is 3.18. The van der Waals surface area contributed by atoms with E-state index >= 15 is 0 Å². The van der Waals surface area contributed by atoms with Gasteiger partial charge in [-0.2, -0.15) is 0 Å². The fraction of sp³-hybridized carbons (Fsp3) is 0.412. The van der Waals surface area contributed by atoms with E-state index in [1.807, 2.05) is 0 Å². The Morgan fingerprint density at radius 3 is 2.65 bits per heavy atom. The predicted molar refractivity (Wildman–Crippen MR) is 81.4 cm³/mol. The van der Waals surface area contributed by atoms with E-state index in [-0.39, 0.29) is 0 Å². The third-order valence-corrected chi connectivity index (χ3v) is 4.54. The largest absolute Gasteiger partial charge is 0.384 e. The van der Waals surface area contributed by atoms with Crippen LogP contribution < -0.4 is 10.6 Å². The molecule has 0 radical (unpaired) electrons. The van der Waals surface area contributed by atoms with Gasteiger partial charge in [0.15, 0.2) is 0 Å². The number of nitrogens with zero attached hydrogens (tertiary/aromatic N) is 1. The molecule has 0 amide bonds. The van der Waals surface area contributed by atoms with Crippen LogP contribution in [0.5, 0.6) is 0 Å². The maximum absolute atomic E-state index is 3.75. The Morgan fingerprint density at radius 1 is 1.15 bits per heavy atom. The third kappa shape index (κ3) is 2.28. The van der Waals surface area contributed by atoms with Gasteiger partial charge < -0.3 is 5.32 Å². The molecule has 2 heterocycles. The summed E-state index contributed by atoms with van der Waals surface area (Å²) in [5, 5.41) is 7.23. The molecule has 3 nitrogen and oxygen atoms in total. The molecule has 0 aromatic heterocycles. The van der Waals surface area contributed by atoms with Crippen LogP contribution in [0.25, 0.3) is 0 Å². The van der Waals surface area contributed by atoms with Crippen molar-refractivity contribution in [2.24, 2.45) is 0 Å². The number of benzene rings is 1. The summed E-state index contributed by atoms with van der Waals surface area (Å²) in [7, 11) is 0. The first-order valence-electron chi connectivity index (χ1n) is 7.55. The summed E-state index contributed by atoms with van der Waals surface area (Å²) in [6.45, 7) is 3.08. The van der Waals surface area contributed by atoms with Gasteiger partial charge in [-0.1, -0.05) is 42.5 Å². The van der Waals surface area contributed by atoms with Gasteiger partial charge in [0, 0.05) is 31.4 Å². The molecule has 104 valence electrons. The standard InChI is InChI=1S/C17H21N3/c1-2-5-14-11-16(10-13(14)4-1)19-15-7-9-20(12-15)17-6-3-8-18-17/h1-7,16-19H,8-12H2. The first-order chi connectivity index (χ1) is 9.88. The van der Waals surface area contributed by atoms with Crippen molar-refractivity contribution >= 4 is 0 Å². The van der Waals surface area contributed by atoms with E-state index < -0.39 is 0 Å². The molecule has 2 N–H and O–H groups in total. The normalized spacial score (nSPS) is 26.0. The second-order valence-corrected chi connectivity index (χ2v) is 5.96. The van der Waals surface area contributed by atoms with Gasteiger partial charge in [0.25, 0.3) is 0 Å². The van der Waals surface area contributed by atoms with Crippen molar-refractivity contribution in [2.75, 3.05) is 19.6 Å². The Kier molecular flexibility index (Phi) is 3.09. The van der Waals surface area contributed by atoms with E-state index in [4.69, 9.17) is 0 Å². The van der Waals surface area contributed by atoms with Crippen molar-refractivity contribution in [1.82, 2.24) is 15.5 Å². The van der Waals surface area contributed by atoms with Crippen molar-refractivity contribution in [3.8, 4) is 0 Å². The topological polar surface area (TPSA) is 27.3 Å². The number of fused-ring (bicyclic) bond motifs is 1. The average molecular weight is 267 g/mol. The molecule has 4 rings (SSSR count). The fourth-order valence-corrected chi connectivity index (χ4v) is 3.52. The summed E-state index contributed by atoms with van der Waals surface area (Å²) < 4.78 is 0. The van der Waals surface area contributed by atoms with Crippen LogP contribution in [-0.2, 0) is 12.8 Å². The Morgan fingerprint density at radius 2 is 1.95 bits per heavy atom. The molecule has 20 heavy (non-hydrogen) atoms. The molecule has 0 saturated carbocycles. The summed E-state index contributed by atoms with van der Waals surface area (Å²) >= 11 is 0. The highest BCUT2D eigenvalue weighted by atomic mass is 15.3. The van der Waals surface area contributed by atoms with Crippen LogP contribution in [0, 0.1) is 0 Å². The van der Waals surface area contributed by atoms with Crippen LogP contribution in [0.2, 0.25) is 0 Å². The van der Waals surface area contributed by atoms with Crippen LogP contribution in [0.15, 0.2) is 48.2 Å². The third-order valence-electron chi connectivity index (χ3n) is 4.54. The molecule has 1 atom stereocenters. The number of rotatable bonds is 3. The zero-order chi connectivity index (χ0) is 13.4. The zero-order valence-corrected chi connectivity index (χ0v) is 11.7. The molecule has 3 heteroatoms. The van der Waals surface area contributed by atoms with Gasteiger partial charge in [-0.3, -0.25) is 10.2 Å². The molecule has 1 aromatic rings. The highest BCUT2D eigenvalue weighted by Gasteiger charge is 2.26. The summed E-state index contributed by atoms with van der Waals surface area (Å²) in [6, 6.07) is 9.40. The lowest BCUT2D eigenvalue weighted by atomic mass is 10.1. The van der Waals surface area contributed by atoms with Crippen molar-refractivity contribution in [2.45, 2.75) is 25.0 Å². The van der Waals surface area contributed by atoms with Crippen molar-refractivity contribution in [1.29, 1.82) is 0 Å². The molecule has 3 aliphatic rings. The number of nitrogens with one attached hydrogen (secondary N) is 2. The molecule has 1 unspecified atom stereocenters. The van der Waals surface area contributed by atoms with E-state index in [1.165, 1.54) is 16.8 Å². The van der Waals surface area contributed by atoms with Crippen LogP contribution in [0.3, 0.4) is 0 Å². The lowest BCUT2D eigenvalue weighted by Crippen LogP contribution is -2.42. The van der Waals surface area contributed by atoms with E-state index in [0.29, 0.717) is 12.2 Å². The molecule has 0 fully saturated rings. The Labute approximate surface area is 120 Å². The Bertz CT molecular complexity index is 536. The molecule has 1 aliphatic carbocycles. The minimum Gasteiger partial charge on any atom is -0.384 e. The van der Waals surface area contributed by atoms with Crippen LogP contribution in [-0.4, -0.2) is 36.7 Å². The quantitative estimate of drug-likeness (QED) is 0.811. The van der Waals surface area contributed by atoms with Crippen LogP contribution in [0.1, 0.15) is 11.1 Å². The van der Waals surface area contributed by atoms with Crippen LogP contribution in [0.4, 0.5) is 0 Å². The lowest BCUT2D eigenvalue weighted by Gasteiger charge is -2.23. The van der Waals surface area contributed by atoms with Gasteiger partial charge in [0.05, 0.1) is 6.17 Å². The maximum atomic E-state index is 3.75. The van der Waals surface area contributed by atoms with E-state index in [1.54, 1.807) is 0 Å². The van der Waals surface area contributed by atoms with Gasteiger partial charge in [-0.25, -0.2) is 0 Å². The SMILES string of the molecule is C1=CC(N2CC=C(NC3Cc4ccccc4C3)C2)NC1. The first-order valence-corrected chi connectivity index (χ1v) is 7.55. The Hall–Kier alpha value is -1.58. The lowest BCUT2D eigenvalue weighted by molar-refractivity contribution is 0.263. The van der Waals surface area contributed by atoms with Crippen molar-refractivity contribution < 1.29 is 0 Å². The maximum Gasteiger partial charge on any atom is 0.0798 e. The molecular weight excluding hydrogens is 246 g/mol. The highest BCUT2D eigenvalue weighted by molar-refractivity contribution is 5.34. The van der Waals surface area contributed by atoms with E-state index in [2.05, 4.69) is 58.0 Å². The first kappa shape index (κ1) is 12.2. The predicted octanol–water partition coefficient (Wildman–Crippen LogP) is 1.43. The van der Waals surface area contributed by atoms with Gasteiger partial charge in [-0.05, 0) is 24.0 Å². The smallest absolute Gasteiger partial charge is 0.0798 e. The van der Waals surface area contributed by atoms with Gasteiger partial charge in [0.1, 0.15) is 0 Å². The summed E-state index contributed by atoms with van der Waals surface area (Å²) in [4.78, 5) is 2.47. The highest BCUT2D eigenvalue weighted by Crippen LogP contribution is 2.23.